The molecule has 8 nitrogen and oxygen atoms in total. The number of piperazine rings is 1. The van der Waals surface area contributed by atoms with Crippen molar-refractivity contribution in [2.75, 3.05) is 54.8 Å². The lowest BCUT2D eigenvalue weighted by Gasteiger charge is -2.36. The maximum absolute atomic E-state index is 13.9. The number of halogens is 1. The van der Waals surface area contributed by atoms with Crippen LogP contribution < -0.4 is 15.5 Å². The van der Waals surface area contributed by atoms with Crippen LogP contribution in [0.5, 0.6) is 0 Å². The van der Waals surface area contributed by atoms with Gasteiger partial charge in [0.2, 0.25) is 11.9 Å². The molecule has 9 heteroatoms. The number of carbonyl (C=O) groups excluding carboxylic acids is 1. The highest BCUT2D eigenvalue weighted by Gasteiger charge is 2.21. The summed E-state index contributed by atoms with van der Waals surface area (Å²) in [6, 6.07) is 2.89. The van der Waals surface area contributed by atoms with Gasteiger partial charge >= 0.3 is 0 Å². The van der Waals surface area contributed by atoms with E-state index in [9.17, 15) is 9.18 Å². The summed E-state index contributed by atoms with van der Waals surface area (Å²) in [4.78, 5) is 29.2. The van der Waals surface area contributed by atoms with E-state index >= 15 is 0 Å². The van der Waals surface area contributed by atoms with E-state index in [1.807, 2.05) is 17.1 Å². The molecule has 1 aliphatic heterocycles. The minimum Gasteiger partial charge on any atom is -0.367 e. The van der Waals surface area contributed by atoms with Gasteiger partial charge in [-0.2, -0.15) is 4.39 Å². The van der Waals surface area contributed by atoms with Gasteiger partial charge in [-0.3, -0.25) is 9.69 Å². The molecule has 0 aromatic carbocycles. The molecular weight excluding hydrogens is 397 g/mol. The van der Waals surface area contributed by atoms with Gasteiger partial charge in [0.25, 0.3) is 5.91 Å². The standard InChI is InChI=1S/C22H28FN7O/c1-3-5-6-8-24-22-25-9-7-17(28-22)21(31)27-18-16-26-20(23)15-19(18)30-13-11-29(10-4-2)12-14-30/h3-4,7,9,15-16H,1-2,5-6,8,10-14H2,(H,27,31)(H,24,25,28). The van der Waals surface area contributed by atoms with Crippen molar-refractivity contribution in [3.8, 4) is 0 Å². The molecule has 2 N–H and O–H groups in total. The van der Waals surface area contributed by atoms with E-state index < -0.39 is 11.9 Å². The molecule has 164 valence electrons. The molecule has 2 aromatic rings. The predicted molar refractivity (Wildman–Crippen MR) is 121 cm³/mol. The minimum absolute atomic E-state index is 0.215. The van der Waals surface area contributed by atoms with Crippen LogP contribution in [0, 0.1) is 5.95 Å². The van der Waals surface area contributed by atoms with Crippen LogP contribution in [0.1, 0.15) is 23.3 Å². The third-order valence-electron chi connectivity index (χ3n) is 4.95. The zero-order chi connectivity index (χ0) is 22.1. The van der Waals surface area contributed by atoms with Crippen LogP contribution >= 0.6 is 0 Å². The zero-order valence-electron chi connectivity index (χ0n) is 17.6. The molecule has 1 fully saturated rings. The molecule has 0 aliphatic carbocycles. The normalized spacial score (nSPS) is 14.2. The number of amides is 1. The maximum Gasteiger partial charge on any atom is 0.274 e. The number of pyridine rings is 1. The van der Waals surface area contributed by atoms with Crippen molar-refractivity contribution in [2.45, 2.75) is 12.8 Å². The third kappa shape index (κ3) is 6.32. The Balaban J connectivity index is 1.69. The summed E-state index contributed by atoms with van der Waals surface area (Å²) in [5, 5.41) is 5.91. The highest BCUT2D eigenvalue weighted by Crippen LogP contribution is 2.27. The number of rotatable bonds is 10. The number of aromatic nitrogens is 3. The van der Waals surface area contributed by atoms with Crippen LogP contribution in [0.3, 0.4) is 0 Å². The van der Waals surface area contributed by atoms with Gasteiger partial charge in [-0.25, -0.2) is 15.0 Å². The minimum atomic E-state index is -0.588. The quantitative estimate of drug-likeness (QED) is 0.344. The lowest BCUT2D eigenvalue weighted by Crippen LogP contribution is -2.46. The lowest BCUT2D eigenvalue weighted by molar-refractivity contribution is 0.102. The first-order chi connectivity index (χ1) is 15.1. The summed E-state index contributed by atoms with van der Waals surface area (Å²) in [5.74, 6) is -0.612. The van der Waals surface area contributed by atoms with Crippen LogP contribution in [0.4, 0.5) is 21.7 Å². The highest BCUT2D eigenvalue weighted by molar-refractivity contribution is 6.04. The Morgan fingerprint density at radius 2 is 2.00 bits per heavy atom. The molecule has 31 heavy (non-hydrogen) atoms. The fourth-order valence-corrected chi connectivity index (χ4v) is 3.34. The number of allylic oxidation sites excluding steroid dienone is 1. The van der Waals surface area contributed by atoms with E-state index in [4.69, 9.17) is 0 Å². The fourth-order valence-electron chi connectivity index (χ4n) is 3.34. The summed E-state index contributed by atoms with van der Waals surface area (Å²) >= 11 is 0. The van der Waals surface area contributed by atoms with Crippen molar-refractivity contribution in [1.29, 1.82) is 0 Å². The number of nitrogens with one attached hydrogen (secondary N) is 2. The second kappa shape index (κ2) is 11.2. The van der Waals surface area contributed by atoms with Gasteiger partial charge in [-0.1, -0.05) is 12.2 Å². The van der Waals surface area contributed by atoms with Crippen molar-refractivity contribution < 1.29 is 9.18 Å². The number of carbonyl (C=O) groups is 1. The molecule has 0 radical (unpaired) electrons. The van der Waals surface area contributed by atoms with Crippen LogP contribution in [-0.2, 0) is 0 Å². The molecule has 0 unspecified atom stereocenters. The summed E-state index contributed by atoms with van der Waals surface area (Å²) in [7, 11) is 0. The topological polar surface area (TPSA) is 86.3 Å². The van der Waals surface area contributed by atoms with Gasteiger partial charge < -0.3 is 15.5 Å². The second-order valence-electron chi connectivity index (χ2n) is 7.18. The van der Waals surface area contributed by atoms with E-state index in [0.29, 0.717) is 37.0 Å². The fraction of sp³-hybridized carbons (Fsp3) is 0.364. The number of unbranched alkanes of at least 4 members (excludes halogenated alkanes) is 1. The summed E-state index contributed by atoms with van der Waals surface area (Å²) < 4.78 is 13.9. The summed E-state index contributed by atoms with van der Waals surface area (Å²) in [6.45, 7) is 12.1. The molecule has 0 atom stereocenters. The van der Waals surface area contributed by atoms with E-state index in [1.165, 1.54) is 24.5 Å². The van der Waals surface area contributed by atoms with Crippen molar-refractivity contribution in [2.24, 2.45) is 0 Å². The number of hydrogen-bond acceptors (Lipinski definition) is 7. The van der Waals surface area contributed by atoms with Crippen molar-refractivity contribution in [1.82, 2.24) is 19.9 Å². The van der Waals surface area contributed by atoms with Gasteiger partial charge in [0.05, 0.1) is 17.6 Å². The van der Waals surface area contributed by atoms with E-state index in [0.717, 1.165) is 32.5 Å². The average Bonchev–Trinajstić information content (AvgIpc) is 2.79. The van der Waals surface area contributed by atoms with Gasteiger partial charge in [0, 0.05) is 51.5 Å². The Bertz CT molecular complexity index is 912. The van der Waals surface area contributed by atoms with Gasteiger partial charge in [0.15, 0.2) is 0 Å². The van der Waals surface area contributed by atoms with Gasteiger partial charge in [-0.05, 0) is 18.9 Å². The third-order valence-corrected chi connectivity index (χ3v) is 4.95. The highest BCUT2D eigenvalue weighted by atomic mass is 19.1. The molecule has 1 aliphatic rings. The molecular formula is C22H28FN7O. The first kappa shape index (κ1) is 22.4. The van der Waals surface area contributed by atoms with Crippen LogP contribution in [0.2, 0.25) is 0 Å². The van der Waals surface area contributed by atoms with Gasteiger partial charge in [0.1, 0.15) is 5.69 Å². The maximum atomic E-state index is 13.9. The molecule has 1 saturated heterocycles. The van der Waals surface area contributed by atoms with Crippen molar-refractivity contribution >= 4 is 23.2 Å². The Hall–Kier alpha value is -3.33. The molecule has 2 aromatic heterocycles. The first-order valence-electron chi connectivity index (χ1n) is 10.3. The SMILES string of the molecule is C=CCCCNc1nccc(C(=O)Nc2cnc(F)cc2N2CCN(CC=C)CC2)n1. The van der Waals surface area contributed by atoms with Crippen LogP contribution in [0.25, 0.3) is 0 Å². The second-order valence-corrected chi connectivity index (χ2v) is 7.18. The molecule has 1 amide bonds. The van der Waals surface area contributed by atoms with Crippen LogP contribution in [-0.4, -0.2) is 65.0 Å². The van der Waals surface area contributed by atoms with E-state index in [-0.39, 0.29) is 5.69 Å². The largest absolute Gasteiger partial charge is 0.367 e. The number of hydrogen-bond donors (Lipinski definition) is 2. The molecule has 0 bridgehead atoms. The van der Waals surface area contributed by atoms with Crippen LogP contribution in [0.15, 0.2) is 49.8 Å². The van der Waals surface area contributed by atoms with Crippen molar-refractivity contribution in [3.05, 3.63) is 61.5 Å². The summed E-state index contributed by atoms with van der Waals surface area (Å²) in [6.07, 6.45) is 8.37. The summed E-state index contributed by atoms with van der Waals surface area (Å²) in [5.41, 5.74) is 1.27. The average molecular weight is 426 g/mol. The van der Waals surface area contributed by atoms with E-state index in [1.54, 1.807) is 0 Å². The number of nitrogens with zero attached hydrogens (tertiary/aromatic N) is 5. The lowest BCUT2D eigenvalue weighted by atomic mass is 10.2. The molecule has 0 saturated carbocycles. The van der Waals surface area contributed by atoms with Gasteiger partial charge in [-0.15, -0.1) is 13.2 Å². The molecule has 3 heterocycles. The first-order valence-corrected chi connectivity index (χ1v) is 10.3. The Labute approximate surface area is 181 Å². The predicted octanol–water partition coefficient (Wildman–Crippen LogP) is 2.95. The van der Waals surface area contributed by atoms with E-state index in [2.05, 4.69) is 43.6 Å². The Kier molecular flexibility index (Phi) is 8.05. The Morgan fingerprint density at radius 1 is 1.19 bits per heavy atom. The Morgan fingerprint density at radius 3 is 2.74 bits per heavy atom. The zero-order valence-corrected chi connectivity index (χ0v) is 17.6. The smallest absolute Gasteiger partial charge is 0.274 e. The van der Waals surface area contributed by atoms with Crippen molar-refractivity contribution in [3.63, 3.8) is 0 Å². The number of anilines is 3. The molecule has 0 spiro atoms. The monoisotopic (exact) mass is 425 g/mol. The molecule has 3 rings (SSSR count).